The fourth-order valence-corrected chi connectivity index (χ4v) is 1.91. The van der Waals surface area contributed by atoms with Gasteiger partial charge in [0.2, 0.25) is 11.0 Å². The van der Waals surface area contributed by atoms with Crippen LogP contribution in [0.5, 0.6) is 0 Å². The molecule has 100 valence electrons. The summed E-state index contributed by atoms with van der Waals surface area (Å²) in [6.07, 6.45) is 1.22. The number of methoxy groups -OCH3 is 1. The number of hydrogen-bond acceptors (Lipinski definition) is 6. The lowest BCUT2D eigenvalue weighted by molar-refractivity contribution is -0.384. The molecule has 0 aliphatic carbocycles. The number of anilines is 1. The maximum atomic E-state index is 11.0. The number of hydrogen-bond donors (Lipinski definition) is 0. The van der Waals surface area contributed by atoms with Gasteiger partial charge in [0.05, 0.1) is 17.6 Å². The third-order valence-electron chi connectivity index (χ3n) is 2.49. The van der Waals surface area contributed by atoms with Gasteiger partial charge in [-0.1, -0.05) is 11.6 Å². The second-order valence-electron chi connectivity index (χ2n) is 3.68. The summed E-state index contributed by atoms with van der Waals surface area (Å²) < 4.78 is 5.05. The molecule has 0 spiro atoms. The van der Waals surface area contributed by atoms with Crippen molar-refractivity contribution in [1.82, 2.24) is 9.97 Å². The highest BCUT2D eigenvalue weighted by atomic mass is 35.5. The van der Waals surface area contributed by atoms with Crippen LogP contribution in [0.4, 0.5) is 11.5 Å². The topological polar surface area (TPSA) is 81.4 Å². The predicted molar refractivity (Wildman–Crippen MR) is 68.1 cm³/mol. The number of nitrogens with zero attached hydrogens (tertiary/aromatic N) is 4. The van der Waals surface area contributed by atoms with Gasteiger partial charge in [-0.25, -0.2) is 9.97 Å². The maximum Gasteiger partial charge on any atom is 0.348 e. The van der Waals surface area contributed by atoms with Crippen LogP contribution in [-0.2, 0) is 4.74 Å². The van der Waals surface area contributed by atoms with Crippen molar-refractivity contribution in [2.24, 2.45) is 0 Å². The van der Waals surface area contributed by atoms with E-state index in [1.807, 2.05) is 13.8 Å². The molecule has 0 amide bonds. The van der Waals surface area contributed by atoms with Gasteiger partial charge in [0.1, 0.15) is 6.33 Å². The van der Waals surface area contributed by atoms with Gasteiger partial charge in [0.15, 0.2) is 0 Å². The lowest BCUT2D eigenvalue weighted by atomic mass is 10.3. The molecule has 0 saturated heterocycles. The Morgan fingerprint density at radius 1 is 1.61 bits per heavy atom. The van der Waals surface area contributed by atoms with Gasteiger partial charge >= 0.3 is 5.69 Å². The van der Waals surface area contributed by atoms with Gasteiger partial charge in [0.25, 0.3) is 0 Å². The molecule has 0 aliphatic heterocycles. The summed E-state index contributed by atoms with van der Waals surface area (Å²) in [5.74, 6) is 0.215. The molecule has 8 heteroatoms. The summed E-state index contributed by atoms with van der Waals surface area (Å²) in [6.45, 7) is 4.77. The third kappa shape index (κ3) is 3.05. The van der Waals surface area contributed by atoms with Crippen LogP contribution in [0.3, 0.4) is 0 Å². The van der Waals surface area contributed by atoms with Crippen molar-refractivity contribution in [2.45, 2.75) is 19.9 Å². The van der Waals surface area contributed by atoms with Crippen LogP contribution in [0.15, 0.2) is 6.33 Å². The maximum absolute atomic E-state index is 11.0. The zero-order valence-corrected chi connectivity index (χ0v) is 11.2. The molecule has 1 aromatic rings. The second kappa shape index (κ2) is 6.46. The Labute approximate surface area is 110 Å². The molecule has 0 aliphatic rings. The zero-order chi connectivity index (χ0) is 13.7. The SMILES string of the molecule is CCN(c1ncnc(Cl)c1[N+](=O)[O-])C(C)COC. The molecular weight excluding hydrogens is 260 g/mol. The minimum Gasteiger partial charge on any atom is -0.383 e. The van der Waals surface area contributed by atoms with Crippen LogP contribution in [0.1, 0.15) is 13.8 Å². The molecule has 1 aromatic heterocycles. The molecule has 0 aromatic carbocycles. The number of likely N-dealkylation sites (N-methyl/N-ethyl adjacent to an activating group) is 1. The van der Waals surface area contributed by atoms with Gasteiger partial charge in [-0.2, -0.15) is 0 Å². The summed E-state index contributed by atoms with van der Waals surface area (Å²) in [4.78, 5) is 19.8. The Kier molecular flexibility index (Phi) is 5.24. The van der Waals surface area contributed by atoms with Crippen molar-refractivity contribution >= 4 is 23.1 Å². The molecular formula is C10H15ClN4O3. The van der Waals surface area contributed by atoms with E-state index in [1.54, 1.807) is 12.0 Å². The third-order valence-corrected chi connectivity index (χ3v) is 2.77. The zero-order valence-electron chi connectivity index (χ0n) is 10.5. The fourth-order valence-electron chi connectivity index (χ4n) is 1.72. The first kappa shape index (κ1) is 14.6. The van der Waals surface area contributed by atoms with Crippen LogP contribution >= 0.6 is 11.6 Å². The van der Waals surface area contributed by atoms with Crippen molar-refractivity contribution in [3.05, 3.63) is 21.6 Å². The molecule has 0 bridgehead atoms. The molecule has 0 saturated carbocycles. The quantitative estimate of drug-likeness (QED) is 0.448. The van der Waals surface area contributed by atoms with Crippen LogP contribution in [0.2, 0.25) is 5.15 Å². The van der Waals surface area contributed by atoms with E-state index in [1.165, 1.54) is 6.33 Å². The first-order chi connectivity index (χ1) is 8.52. The smallest absolute Gasteiger partial charge is 0.348 e. The standard InChI is InChI=1S/C10H15ClN4O3/c1-4-14(7(2)5-18-3)10-8(15(16)17)9(11)12-6-13-10/h6-7H,4-5H2,1-3H3. The summed E-state index contributed by atoms with van der Waals surface area (Å²) >= 11 is 5.76. The predicted octanol–water partition coefficient (Wildman–Crippen LogP) is 1.90. The second-order valence-corrected chi connectivity index (χ2v) is 4.04. The minimum atomic E-state index is -0.570. The average Bonchev–Trinajstić information content (AvgIpc) is 2.29. The molecule has 0 N–H and O–H groups in total. The fraction of sp³-hybridized carbons (Fsp3) is 0.600. The highest BCUT2D eigenvalue weighted by molar-refractivity contribution is 6.31. The molecule has 1 atom stereocenters. The van der Waals surface area contributed by atoms with Crippen molar-refractivity contribution < 1.29 is 9.66 Å². The lowest BCUT2D eigenvalue weighted by Crippen LogP contribution is -2.37. The summed E-state index contributed by atoms with van der Waals surface area (Å²) in [5, 5.41) is 10.9. The Morgan fingerprint density at radius 3 is 2.78 bits per heavy atom. The van der Waals surface area contributed by atoms with Crippen LogP contribution < -0.4 is 4.90 Å². The molecule has 18 heavy (non-hydrogen) atoms. The van der Waals surface area contributed by atoms with Gasteiger partial charge in [0, 0.05) is 13.7 Å². The van der Waals surface area contributed by atoms with Crippen molar-refractivity contribution in [3.63, 3.8) is 0 Å². The number of halogens is 1. The van der Waals surface area contributed by atoms with E-state index < -0.39 is 4.92 Å². The molecule has 0 radical (unpaired) electrons. The van der Waals surface area contributed by atoms with Crippen LogP contribution in [0.25, 0.3) is 0 Å². The van der Waals surface area contributed by atoms with Crippen molar-refractivity contribution in [1.29, 1.82) is 0 Å². The Balaban J connectivity index is 3.21. The van der Waals surface area contributed by atoms with Crippen LogP contribution in [-0.4, -0.2) is 41.2 Å². The first-order valence-corrected chi connectivity index (χ1v) is 5.81. The number of aromatic nitrogens is 2. The van der Waals surface area contributed by atoms with E-state index in [0.29, 0.717) is 13.2 Å². The van der Waals surface area contributed by atoms with Gasteiger partial charge < -0.3 is 9.64 Å². The summed E-state index contributed by atoms with van der Waals surface area (Å²) in [5.41, 5.74) is -0.274. The number of nitro groups is 1. The van der Waals surface area contributed by atoms with E-state index in [0.717, 1.165) is 0 Å². The molecule has 1 rings (SSSR count). The summed E-state index contributed by atoms with van der Waals surface area (Å²) in [7, 11) is 1.58. The van der Waals surface area contributed by atoms with Gasteiger partial charge in [-0.15, -0.1) is 0 Å². The highest BCUT2D eigenvalue weighted by Crippen LogP contribution is 2.32. The van der Waals surface area contributed by atoms with Crippen molar-refractivity contribution in [2.75, 3.05) is 25.2 Å². The normalized spacial score (nSPS) is 12.2. The van der Waals surface area contributed by atoms with Gasteiger partial charge in [-0.05, 0) is 13.8 Å². The van der Waals surface area contributed by atoms with E-state index in [-0.39, 0.29) is 22.7 Å². The van der Waals surface area contributed by atoms with E-state index in [9.17, 15) is 10.1 Å². The van der Waals surface area contributed by atoms with E-state index >= 15 is 0 Å². The Hall–Kier alpha value is -1.47. The Bertz CT molecular complexity index is 430. The first-order valence-electron chi connectivity index (χ1n) is 5.43. The molecule has 1 heterocycles. The number of ether oxygens (including phenoxy) is 1. The average molecular weight is 275 g/mol. The minimum absolute atomic E-state index is 0.0512. The van der Waals surface area contributed by atoms with Gasteiger partial charge in [-0.3, -0.25) is 10.1 Å². The lowest BCUT2D eigenvalue weighted by Gasteiger charge is -2.27. The molecule has 0 fully saturated rings. The van der Waals surface area contributed by atoms with E-state index in [2.05, 4.69) is 9.97 Å². The summed E-state index contributed by atoms with van der Waals surface area (Å²) in [6, 6.07) is -0.0512. The largest absolute Gasteiger partial charge is 0.383 e. The van der Waals surface area contributed by atoms with E-state index in [4.69, 9.17) is 16.3 Å². The molecule has 7 nitrogen and oxygen atoms in total. The highest BCUT2D eigenvalue weighted by Gasteiger charge is 2.27. The molecule has 1 unspecified atom stereocenters. The van der Waals surface area contributed by atoms with Crippen LogP contribution in [0, 0.1) is 10.1 Å². The Morgan fingerprint density at radius 2 is 2.28 bits per heavy atom. The monoisotopic (exact) mass is 274 g/mol. The van der Waals surface area contributed by atoms with Crippen molar-refractivity contribution in [3.8, 4) is 0 Å². The number of rotatable bonds is 6.